The van der Waals surface area contributed by atoms with Crippen LogP contribution in [0.25, 0.3) is 11.2 Å². The number of aromatic nitrogens is 3. The van der Waals surface area contributed by atoms with Crippen LogP contribution < -0.4 is 10.6 Å². The van der Waals surface area contributed by atoms with E-state index in [0.717, 1.165) is 6.54 Å². The van der Waals surface area contributed by atoms with Gasteiger partial charge >= 0.3 is 0 Å². The summed E-state index contributed by atoms with van der Waals surface area (Å²) >= 11 is 0. The maximum atomic E-state index is 12.4. The molecule has 0 radical (unpaired) electrons. The molecule has 1 aliphatic carbocycles. The molecule has 0 spiro atoms. The number of anilines is 1. The number of nitrogens with one attached hydrogen (secondary N) is 3. The second-order valence-corrected chi connectivity index (χ2v) is 7.60. The summed E-state index contributed by atoms with van der Waals surface area (Å²) in [7, 11) is 1.59. The van der Waals surface area contributed by atoms with Gasteiger partial charge in [-0.2, -0.15) is 0 Å². The average molecular weight is 398 g/mol. The molecule has 3 heterocycles. The monoisotopic (exact) mass is 398 g/mol. The molecule has 29 heavy (non-hydrogen) atoms. The van der Waals surface area contributed by atoms with Gasteiger partial charge in [0.2, 0.25) is 5.91 Å². The Morgan fingerprint density at radius 2 is 2.24 bits per heavy atom. The zero-order chi connectivity index (χ0) is 20.4. The Morgan fingerprint density at radius 1 is 1.41 bits per heavy atom. The summed E-state index contributed by atoms with van der Waals surface area (Å²) in [5.74, 6) is 1.37. The molecular weight excluding hydrogens is 372 g/mol. The lowest BCUT2D eigenvalue weighted by atomic mass is 9.98. The maximum Gasteiger partial charge on any atom is 0.255 e. The van der Waals surface area contributed by atoms with Crippen LogP contribution in [0.2, 0.25) is 0 Å². The van der Waals surface area contributed by atoms with Gasteiger partial charge in [-0.25, -0.2) is 9.97 Å². The zero-order valence-corrected chi connectivity index (χ0v) is 16.5. The highest BCUT2D eigenvalue weighted by molar-refractivity contribution is 6.04. The van der Waals surface area contributed by atoms with Gasteiger partial charge in [-0.15, -0.1) is 0 Å². The first-order chi connectivity index (χ1) is 14.1. The Bertz CT molecular complexity index is 922. The third-order valence-corrected chi connectivity index (χ3v) is 5.63. The van der Waals surface area contributed by atoms with E-state index in [1.165, 1.54) is 18.9 Å². The number of amides is 2. The van der Waals surface area contributed by atoms with E-state index in [1.54, 1.807) is 19.5 Å². The quantitative estimate of drug-likeness (QED) is 0.455. The van der Waals surface area contributed by atoms with Crippen LogP contribution in [0.4, 0.5) is 5.82 Å². The van der Waals surface area contributed by atoms with Crippen molar-refractivity contribution in [3.8, 4) is 0 Å². The fourth-order valence-electron chi connectivity index (χ4n) is 3.98. The predicted octanol–water partition coefficient (Wildman–Crippen LogP) is 1.17. The molecule has 9 nitrogen and oxygen atoms in total. The van der Waals surface area contributed by atoms with Crippen LogP contribution in [0, 0.1) is 11.8 Å². The second kappa shape index (κ2) is 8.20. The van der Waals surface area contributed by atoms with Crippen LogP contribution >= 0.6 is 0 Å². The molecule has 3 N–H and O–H groups in total. The predicted molar refractivity (Wildman–Crippen MR) is 108 cm³/mol. The van der Waals surface area contributed by atoms with Crippen LogP contribution in [0.15, 0.2) is 25.0 Å². The summed E-state index contributed by atoms with van der Waals surface area (Å²) < 4.78 is 4.96. The number of fused-ring (bicyclic) bond motifs is 1. The van der Waals surface area contributed by atoms with Crippen LogP contribution in [0.5, 0.6) is 0 Å². The highest BCUT2D eigenvalue weighted by atomic mass is 16.5. The van der Waals surface area contributed by atoms with Gasteiger partial charge in [0.15, 0.2) is 5.65 Å². The van der Waals surface area contributed by atoms with Crippen LogP contribution in [0.3, 0.4) is 0 Å². The van der Waals surface area contributed by atoms with E-state index >= 15 is 0 Å². The first-order valence-corrected chi connectivity index (χ1v) is 9.90. The lowest BCUT2D eigenvalue weighted by Gasteiger charge is -2.19. The summed E-state index contributed by atoms with van der Waals surface area (Å²) in [6.45, 7) is 5.81. The molecule has 1 saturated carbocycles. The molecule has 2 aliphatic rings. The lowest BCUT2D eigenvalue weighted by Crippen LogP contribution is -2.31. The number of likely N-dealkylation sites (tertiary alicyclic amines) is 1. The van der Waals surface area contributed by atoms with Crippen molar-refractivity contribution in [2.75, 3.05) is 38.7 Å². The zero-order valence-electron chi connectivity index (χ0n) is 16.5. The van der Waals surface area contributed by atoms with Gasteiger partial charge in [0, 0.05) is 44.9 Å². The van der Waals surface area contributed by atoms with Crippen molar-refractivity contribution in [1.82, 2.24) is 25.2 Å². The number of H-pyrrole nitrogens is 1. The second-order valence-electron chi connectivity index (χ2n) is 7.60. The molecule has 9 heteroatoms. The minimum atomic E-state index is -0.223. The Hall–Kier alpha value is -2.94. The van der Waals surface area contributed by atoms with E-state index in [1.807, 2.05) is 4.90 Å². The number of nitrogens with zero attached hydrogens (tertiary/aromatic N) is 3. The van der Waals surface area contributed by atoms with Crippen molar-refractivity contribution in [2.24, 2.45) is 11.8 Å². The van der Waals surface area contributed by atoms with Crippen molar-refractivity contribution in [3.05, 3.63) is 30.6 Å². The third kappa shape index (κ3) is 4.09. The summed E-state index contributed by atoms with van der Waals surface area (Å²) in [5.41, 5.74) is 1.52. The van der Waals surface area contributed by atoms with Crippen molar-refractivity contribution < 1.29 is 14.3 Å². The van der Waals surface area contributed by atoms with Crippen molar-refractivity contribution in [1.29, 1.82) is 0 Å². The molecule has 1 aliphatic heterocycles. The molecule has 1 saturated heterocycles. The molecule has 154 valence electrons. The highest BCUT2D eigenvalue weighted by Gasteiger charge is 2.43. The van der Waals surface area contributed by atoms with Crippen LogP contribution in [-0.2, 0) is 9.53 Å². The molecule has 4 rings (SSSR count). The van der Waals surface area contributed by atoms with Gasteiger partial charge < -0.3 is 25.3 Å². The molecule has 2 amide bonds. The lowest BCUT2D eigenvalue weighted by molar-refractivity contribution is -0.125. The van der Waals surface area contributed by atoms with E-state index < -0.39 is 0 Å². The fraction of sp³-hybridized carbons (Fsp3) is 0.500. The number of hydrogen-bond donors (Lipinski definition) is 3. The third-order valence-electron chi connectivity index (χ3n) is 5.63. The Balaban J connectivity index is 1.51. The molecule has 2 atom stereocenters. The Kier molecular flexibility index (Phi) is 5.48. The minimum absolute atomic E-state index is 0.0397. The van der Waals surface area contributed by atoms with E-state index in [9.17, 15) is 9.59 Å². The molecule has 0 bridgehead atoms. The fourth-order valence-corrected chi connectivity index (χ4v) is 3.98. The minimum Gasteiger partial charge on any atom is -0.383 e. The number of aromatic amines is 1. The number of rotatable bonds is 8. The van der Waals surface area contributed by atoms with Crippen molar-refractivity contribution in [2.45, 2.75) is 18.9 Å². The molecule has 2 aromatic rings. The number of ether oxygens (including phenoxy) is 1. The first kappa shape index (κ1) is 19.4. The number of carbonyl (C=O) groups excluding carboxylic acids is 2. The van der Waals surface area contributed by atoms with Gasteiger partial charge in [0.25, 0.3) is 5.91 Å². The maximum absolute atomic E-state index is 12.4. The van der Waals surface area contributed by atoms with Crippen LogP contribution in [0.1, 0.15) is 23.2 Å². The van der Waals surface area contributed by atoms with E-state index in [0.29, 0.717) is 54.1 Å². The van der Waals surface area contributed by atoms with Crippen molar-refractivity contribution in [3.63, 3.8) is 0 Å². The van der Waals surface area contributed by atoms with Gasteiger partial charge in [-0.1, -0.05) is 6.58 Å². The SMILES string of the molecule is C=CC(=O)N1CC(Nc2cnc3[nH]cc(C(=O)NCCOC)c3n2)C(C2CC2)C1. The van der Waals surface area contributed by atoms with Gasteiger partial charge in [-0.3, -0.25) is 9.59 Å². The summed E-state index contributed by atoms with van der Waals surface area (Å²) in [4.78, 5) is 38.3. The normalized spacial score (nSPS) is 21.3. The van der Waals surface area contributed by atoms with Gasteiger partial charge in [0.05, 0.1) is 18.4 Å². The van der Waals surface area contributed by atoms with E-state index in [4.69, 9.17) is 4.74 Å². The molecule has 2 aromatic heterocycles. The summed E-state index contributed by atoms with van der Waals surface area (Å²) in [6.07, 6.45) is 7.05. The average Bonchev–Trinajstić information content (AvgIpc) is 3.35. The Morgan fingerprint density at radius 3 is 2.97 bits per heavy atom. The number of carbonyl (C=O) groups is 2. The number of methoxy groups -OCH3 is 1. The highest BCUT2D eigenvalue weighted by Crippen LogP contribution is 2.42. The molecular formula is C20H26N6O3. The van der Waals surface area contributed by atoms with Gasteiger partial charge in [-0.05, 0) is 24.8 Å². The smallest absolute Gasteiger partial charge is 0.255 e. The largest absolute Gasteiger partial charge is 0.383 e. The standard InChI is InChI=1S/C20H26N6O3/c1-3-17(27)26-10-14(12-4-5-12)15(11-26)24-16-9-23-19-18(25-16)13(8-22-19)20(28)21-6-7-29-2/h3,8-9,12,14-15H,1,4-7,10-11H2,2H3,(H,21,28)(H,22,23)(H,24,25). The van der Waals surface area contributed by atoms with Crippen molar-refractivity contribution >= 4 is 28.8 Å². The molecule has 2 unspecified atom stereocenters. The summed E-state index contributed by atoms with van der Waals surface area (Å²) in [5, 5.41) is 6.25. The number of hydrogen-bond acceptors (Lipinski definition) is 6. The van der Waals surface area contributed by atoms with E-state index in [-0.39, 0.29) is 17.9 Å². The van der Waals surface area contributed by atoms with E-state index in [2.05, 4.69) is 32.2 Å². The molecule has 0 aromatic carbocycles. The molecule has 2 fully saturated rings. The van der Waals surface area contributed by atoms with Gasteiger partial charge in [0.1, 0.15) is 11.3 Å². The first-order valence-electron chi connectivity index (χ1n) is 9.90. The van der Waals surface area contributed by atoms with Crippen LogP contribution in [-0.4, -0.2) is 71.1 Å². The Labute approximate surface area is 168 Å². The summed E-state index contributed by atoms with van der Waals surface area (Å²) in [6, 6.07) is 0.107. The topological polar surface area (TPSA) is 112 Å².